The monoisotopic (exact) mass is 424 g/mol. The number of benzene rings is 1. The second-order valence-electron chi connectivity index (χ2n) is 8.48. The lowest BCUT2D eigenvalue weighted by Gasteiger charge is -2.62. The molecule has 1 aromatic heterocycles. The van der Waals surface area contributed by atoms with E-state index < -0.39 is 11.4 Å². The van der Waals surface area contributed by atoms with Gasteiger partial charge in [-0.15, -0.1) is 0 Å². The van der Waals surface area contributed by atoms with E-state index in [-0.39, 0.29) is 23.9 Å². The molecule has 2 aromatic rings. The van der Waals surface area contributed by atoms with Crippen molar-refractivity contribution in [1.29, 1.82) is 10.8 Å². The number of carbonyl (C=O) groups excluding carboxylic acids is 1. The summed E-state index contributed by atoms with van der Waals surface area (Å²) in [6.07, 6.45) is 4.38. The topological polar surface area (TPSA) is 115 Å². The molecule has 3 N–H and O–H groups in total. The van der Waals surface area contributed by atoms with Crippen molar-refractivity contribution in [3.63, 3.8) is 0 Å². The zero-order valence-electron chi connectivity index (χ0n) is 17.7. The highest BCUT2D eigenvalue weighted by Gasteiger charge is 2.62. The Bertz CT molecular complexity index is 1060. The van der Waals surface area contributed by atoms with Gasteiger partial charge in [0.05, 0.1) is 12.4 Å². The highest BCUT2D eigenvalue weighted by Crippen LogP contribution is 2.50. The van der Waals surface area contributed by atoms with Gasteiger partial charge in [0.25, 0.3) is 0 Å². The van der Waals surface area contributed by atoms with Crippen LogP contribution in [0.3, 0.4) is 0 Å². The number of aromatic nitrogens is 2. The first-order valence-electron chi connectivity index (χ1n) is 10.2. The number of ether oxygens (including phenoxy) is 1. The van der Waals surface area contributed by atoms with E-state index in [0.29, 0.717) is 35.8 Å². The number of urea groups is 1. The average molecular weight is 424 g/mol. The predicted molar refractivity (Wildman–Crippen MR) is 115 cm³/mol. The molecule has 1 saturated carbocycles. The quantitative estimate of drug-likeness (QED) is 0.502. The summed E-state index contributed by atoms with van der Waals surface area (Å²) in [5.74, 6) is 0.0998. The van der Waals surface area contributed by atoms with Crippen LogP contribution in [0, 0.1) is 29.5 Å². The van der Waals surface area contributed by atoms with Crippen molar-refractivity contribution in [1.82, 2.24) is 14.9 Å². The van der Waals surface area contributed by atoms with Gasteiger partial charge < -0.3 is 15.0 Å². The lowest BCUT2D eigenvalue weighted by molar-refractivity contribution is -0.0539. The van der Waals surface area contributed by atoms with Gasteiger partial charge >= 0.3 is 6.03 Å². The smallest absolute Gasteiger partial charge is 0.322 e. The molecule has 3 atom stereocenters. The number of rotatable bonds is 3. The van der Waals surface area contributed by atoms with Crippen LogP contribution in [-0.4, -0.2) is 44.3 Å². The van der Waals surface area contributed by atoms with Crippen molar-refractivity contribution >= 4 is 23.5 Å². The van der Waals surface area contributed by atoms with Crippen LogP contribution in [0.4, 0.5) is 14.9 Å². The Balaban J connectivity index is 1.58. The van der Waals surface area contributed by atoms with Gasteiger partial charge in [-0.25, -0.2) is 19.2 Å². The maximum Gasteiger partial charge on any atom is 0.322 e. The molecule has 1 aliphatic carbocycles. The number of nitrogens with zero attached hydrogens (tertiary/aromatic N) is 3. The van der Waals surface area contributed by atoms with Crippen molar-refractivity contribution in [2.24, 2.45) is 5.92 Å². The number of likely N-dealkylation sites (tertiary alicyclic amines) is 1. The van der Waals surface area contributed by atoms with Gasteiger partial charge in [-0.05, 0) is 43.4 Å². The number of halogens is 1. The van der Waals surface area contributed by atoms with E-state index in [2.05, 4.69) is 22.2 Å². The molecular formula is C22H25FN6O2. The van der Waals surface area contributed by atoms with Gasteiger partial charge in [0, 0.05) is 30.6 Å². The molecule has 162 valence electrons. The van der Waals surface area contributed by atoms with Crippen LogP contribution in [0.25, 0.3) is 11.4 Å². The normalized spacial score (nSPS) is 24.2. The third-order valence-electron chi connectivity index (χ3n) is 6.01. The van der Waals surface area contributed by atoms with Gasteiger partial charge in [0.1, 0.15) is 5.54 Å². The number of anilines is 1. The minimum Gasteiger partial charge on any atom is -0.428 e. The molecule has 3 unspecified atom stereocenters. The van der Waals surface area contributed by atoms with Crippen LogP contribution in [0.1, 0.15) is 38.7 Å². The predicted octanol–water partition coefficient (Wildman–Crippen LogP) is 4.36. The molecule has 2 amide bonds. The SMILES string of the molecule is CC(=N)OC(=N)C12CC(C)CC(C1)N2C(=O)Nc1ccc(C)c(-c2ncc(F)cn2)c1. The maximum absolute atomic E-state index is 13.2. The van der Waals surface area contributed by atoms with Gasteiger partial charge in [-0.3, -0.25) is 10.8 Å². The Morgan fingerprint density at radius 3 is 2.68 bits per heavy atom. The molecule has 0 radical (unpaired) electrons. The van der Waals surface area contributed by atoms with Gasteiger partial charge in [-0.1, -0.05) is 13.0 Å². The Kier molecular flexibility index (Phi) is 5.20. The summed E-state index contributed by atoms with van der Waals surface area (Å²) in [7, 11) is 0. The highest BCUT2D eigenvalue weighted by molar-refractivity contribution is 6.00. The molecule has 2 aliphatic rings. The first-order valence-corrected chi connectivity index (χ1v) is 10.2. The molecule has 1 saturated heterocycles. The molecule has 8 nitrogen and oxygen atoms in total. The lowest BCUT2D eigenvalue weighted by Crippen LogP contribution is -2.75. The van der Waals surface area contributed by atoms with E-state index in [4.69, 9.17) is 15.6 Å². The number of aryl methyl sites for hydroxylation is 1. The zero-order valence-corrected chi connectivity index (χ0v) is 17.7. The fraction of sp³-hybridized carbons (Fsp3) is 0.409. The van der Waals surface area contributed by atoms with Crippen molar-refractivity contribution in [3.8, 4) is 11.4 Å². The molecule has 1 aromatic carbocycles. The number of amides is 2. The number of piperidine rings is 1. The van der Waals surface area contributed by atoms with E-state index in [9.17, 15) is 9.18 Å². The summed E-state index contributed by atoms with van der Waals surface area (Å²) in [5, 5.41) is 18.9. The van der Waals surface area contributed by atoms with E-state index >= 15 is 0 Å². The van der Waals surface area contributed by atoms with Crippen LogP contribution in [-0.2, 0) is 4.74 Å². The van der Waals surface area contributed by atoms with E-state index in [1.807, 2.05) is 13.0 Å². The number of carbonyl (C=O) groups is 1. The summed E-state index contributed by atoms with van der Waals surface area (Å²) < 4.78 is 18.5. The van der Waals surface area contributed by atoms with Crippen molar-refractivity contribution in [2.75, 3.05) is 5.32 Å². The lowest BCUT2D eigenvalue weighted by atomic mass is 9.64. The molecule has 0 spiro atoms. The Hall–Kier alpha value is -3.36. The first-order chi connectivity index (χ1) is 14.7. The fourth-order valence-corrected chi connectivity index (χ4v) is 4.79. The third-order valence-corrected chi connectivity index (χ3v) is 6.01. The largest absolute Gasteiger partial charge is 0.428 e. The van der Waals surface area contributed by atoms with Crippen LogP contribution in [0.15, 0.2) is 30.6 Å². The molecule has 1 aliphatic heterocycles. The second-order valence-corrected chi connectivity index (χ2v) is 8.48. The fourth-order valence-electron chi connectivity index (χ4n) is 4.79. The second kappa shape index (κ2) is 7.72. The number of hydrogen-bond acceptors (Lipinski definition) is 6. The Labute approximate surface area is 179 Å². The molecule has 2 bridgehead atoms. The molecule has 2 fully saturated rings. The first kappa shape index (κ1) is 20.9. The van der Waals surface area contributed by atoms with E-state index in [0.717, 1.165) is 24.4 Å². The average Bonchev–Trinajstić information content (AvgIpc) is 2.69. The standard InChI is InChI=1S/C22H25FN6O2/c1-12-6-17-9-22(8-12,20(25)31-14(3)24)29(17)21(30)28-16-5-4-13(2)18(7-16)19-26-10-15(23)11-27-19/h4-5,7,10-12,17,24-25H,6,8-9H2,1-3H3,(H,28,30). The summed E-state index contributed by atoms with van der Waals surface area (Å²) in [6.45, 7) is 5.47. The van der Waals surface area contributed by atoms with Crippen LogP contribution >= 0.6 is 0 Å². The van der Waals surface area contributed by atoms with Crippen LogP contribution in [0.2, 0.25) is 0 Å². The van der Waals surface area contributed by atoms with Crippen molar-refractivity contribution in [2.45, 2.75) is 51.6 Å². The number of fused-ring (bicyclic) bond motifs is 2. The van der Waals surface area contributed by atoms with Crippen molar-refractivity contribution in [3.05, 3.63) is 42.0 Å². The summed E-state index contributed by atoms with van der Waals surface area (Å²) in [4.78, 5) is 23.0. The Morgan fingerprint density at radius 2 is 2.00 bits per heavy atom. The maximum atomic E-state index is 13.2. The van der Waals surface area contributed by atoms with Gasteiger partial charge in [-0.2, -0.15) is 0 Å². The highest BCUT2D eigenvalue weighted by atomic mass is 19.1. The number of hydrogen-bond donors (Lipinski definition) is 3. The van der Waals surface area contributed by atoms with Gasteiger partial charge in [0.15, 0.2) is 17.5 Å². The van der Waals surface area contributed by atoms with Crippen LogP contribution < -0.4 is 5.32 Å². The third kappa shape index (κ3) is 3.75. The summed E-state index contributed by atoms with van der Waals surface area (Å²) >= 11 is 0. The zero-order chi connectivity index (χ0) is 22.3. The molecule has 31 heavy (non-hydrogen) atoms. The minimum absolute atomic E-state index is 0.0316. The van der Waals surface area contributed by atoms with Crippen LogP contribution in [0.5, 0.6) is 0 Å². The van der Waals surface area contributed by atoms with Gasteiger partial charge in [0.2, 0.25) is 5.90 Å². The van der Waals surface area contributed by atoms with E-state index in [1.165, 1.54) is 6.92 Å². The molecule has 4 rings (SSSR count). The molecule has 2 heterocycles. The van der Waals surface area contributed by atoms with Crippen molar-refractivity contribution < 1.29 is 13.9 Å². The molecular weight excluding hydrogens is 399 g/mol. The molecule has 9 heteroatoms. The Morgan fingerprint density at radius 1 is 1.29 bits per heavy atom. The summed E-state index contributed by atoms with van der Waals surface area (Å²) in [5.41, 5.74) is 1.33. The minimum atomic E-state index is -0.817. The summed E-state index contributed by atoms with van der Waals surface area (Å²) in [6, 6.07) is 5.11. The number of nitrogens with one attached hydrogen (secondary N) is 3. The van der Waals surface area contributed by atoms with E-state index in [1.54, 1.807) is 17.0 Å².